The molecule has 1 rings (SSSR count). The molecule has 1 aliphatic rings. The van der Waals surface area contributed by atoms with Gasteiger partial charge >= 0.3 is 10.0 Å². The summed E-state index contributed by atoms with van der Waals surface area (Å²) in [5.74, 6) is 0.750. The van der Waals surface area contributed by atoms with E-state index < -0.39 is 10.0 Å². The van der Waals surface area contributed by atoms with Gasteiger partial charge in [0.05, 0.1) is 0 Å². The third-order valence-electron chi connectivity index (χ3n) is 2.12. The average molecular weight is 206 g/mol. The monoisotopic (exact) mass is 206 g/mol. The molecule has 1 aliphatic carbocycles. The summed E-state index contributed by atoms with van der Waals surface area (Å²) >= 11 is 0. The van der Waals surface area contributed by atoms with Gasteiger partial charge in [0, 0.05) is 26.3 Å². The molecule has 4 nitrogen and oxygen atoms in total. The van der Waals surface area contributed by atoms with Crippen LogP contribution in [0.15, 0.2) is 0 Å². The van der Waals surface area contributed by atoms with Gasteiger partial charge in [0.2, 0.25) is 0 Å². The number of hydrogen-bond donors (Lipinski definition) is 2. The summed E-state index contributed by atoms with van der Waals surface area (Å²) < 4.78 is 9.22. The van der Waals surface area contributed by atoms with Crippen molar-refractivity contribution < 1.29 is 8.85 Å². The fourth-order valence-electron chi connectivity index (χ4n) is 1.25. The standard InChI is InChI=1S/C6H14N2.C2H8O2Si/c1-4(7)5-3-6(5)8-2;1-3-5-4-2/h4-6,8H,3,7H2,1-2H3;5H2,1-2H3. The second-order valence-corrected chi connectivity index (χ2v) is 4.74. The Balaban J connectivity index is 0.000000252. The van der Waals surface area contributed by atoms with E-state index in [-0.39, 0.29) is 0 Å². The lowest BCUT2D eigenvalue weighted by Gasteiger charge is -2.00. The number of nitrogens with one attached hydrogen (secondary N) is 1. The number of rotatable bonds is 4. The Morgan fingerprint density at radius 3 is 2.08 bits per heavy atom. The minimum absolute atomic E-state index is 0.382. The molecule has 3 N–H and O–H groups in total. The van der Waals surface area contributed by atoms with E-state index in [1.54, 1.807) is 14.2 Å². The van der Waals surface area contributed by atoms with Crippen LogP contribution in [-0.2, 0) is 8.85 Å². The highest BCUT2D eigenvalue weighted by Crippen LogP contribution is 2.31. The van der Waals surface area contributed by atoms with E-state index >= 15 is 0 Å². The SMILES string of the molecule is CNC1CC1C(C)N.CO[SiH2]OC. The van der Waals surface area contributed by atoms with Gasteiger partial charge < -0.3 is 19.9 Å². The highest BCUT2D eigenvalue weighted by atomic mass is 28.3. The van der Waals surface area contributed by atoms with Crippen LogP contribution in [0.1, 0.15) is 13.3 Å². The van der Waals surface area contributed by atoms with Gasteiger partial charge in [0.1, 0.15) is 0 Å². The molecule has 0 saturated heterocycles. The van der Waals surface area contributed by atoms with Crippen molar-refractivity contribution in [2.45, 2.75) is 25.4 Å². The van der Waals surface area contributed by atoms with E-state index in [2.05, 4.69) is 21.1 Å². The lowest BCUT2D eigenvalue weighted by molar-refractivity contribution is 0.309. The predicted octanol–water partition coefficient (Wildman–Crippen LogP) is -0.780. The van der Waals surface area contributed by atoms with Gasteiger partial charge in [-0.25, -0.2) is 0 Å². The van der Waals surface area contributed by atoms with E-state index in [0.29, 0.717) is 6.04 Å². The van der Waals surface area contributed by atoms with Crippen LogP contribution in [0.5, 0.6) is 0 Å². The van der Waals surface area contributed by atoms with Gasteiger partial charge in [-0.2, -0.15) is 0 Å². The van der Waals surface area contributed by atoms with E-state index in [1.165, 1.54) is 6.42 Å². The molecule has 0 radical (unpaired) electrons. The quantitative estimate of drug-likeness (QED) is 0.593. The molecule has 0 aliphatic heterocycles. The molecule has 13 heavy (non-hydrogen) atoms. The van der Waals surface area contributed by atoms with Crippen molar-refractivity contribution >= 4 is 10.0 Å². The molecular weight excluding hydrogens is 184 g/mol. The van der Waals surface area contributed by atoms with Crippen molar-refractivity contribution in [1.29, 1.82) is 0 Å². The Bertz CT molecular complexity index is 123. The smallest absolute Gasteiger partial charge is 0.303 e. The Hall–Kier alpha value is 0.0569. The molecule has 3 unspecified atom stereocenters. The van der Waals surface area contributed by atoms with Crippen LogP contribution in [0.2, 0.25) is 0 Å². The Morgan fingerprint density at radius 2 is 2.00 bits per heavy atom. The maximum absolute atomic E-state index is 5.62. The zero-order valence-electron chi connectivity index (χ0n) is 9.04. The number of hydrogen-bond acceptors (Lipinski definition) is 4. The molecule has 1 fully saturated rings. The van der Waals surface area contributed by atoms with Gasteiger partial charge in [0.15, 0.2) is 0 Å². The van der Waals surface area contributed by atoms with E-state index in [0.717, 1.165) is 12.0 Å². The van der Waals surface area contributed by atoms with Crippen molar-refractivity contribution in [2.24, 2.45) is 11.7 Å². The minimum atomic E-state index is -0.568. The topological polar surface area (TPSA) is 56.5 Å². The molecule has 0 aromatic carbocycles. The maximum Gasteiger partial charge on any atom is 0.303 e. The Morgan fingerprint density at radius 1 is 1.46 bits per heavy atom. The van der Waals surface area contributed by atoms with Crippen molar-refractivity contribution in [3.63, 3.8) is 0 Å². The van der Waals surface area contributed by atoms with Crippen LogP contribution < -0.4 is 11.1 Å². The van der Waals surface area contributed by atoms with Gasteiger partial charge in [-0.3, -0.25) is 0 Å². The summed E-state index contributed by atoms with van der Waals surface area (Å²) in [5.41, 5.74) is 5.62. The van der Waals surface area contributed by atoms with Gasteiger partial charge in [-0.05, 0) is 26.3 Å². The summed E-state index contributed by atoms with van der Waals surface area (Å²) in [4.78, 5) is 0. The molecule has 0 bridgehead atoms. The first-order valence-electron chi connectivity index (χ1n) is 4.58. The van der Waals surface area contributed by atoms with Crippen molar-refractivity contribution in [3.05, 3.63) is 0 Å². The van der Waals surface area contributed by atoms with Crippen LogP contribution in [0.4, 0.5) is 0 Å². The summed E-state index contributed by atoms with van der Waals surface area (Å²) in [6.07, 6.45) is 1.27. The lowest BCUT2D eigenvalue weighted by Crippen LogP contribution is -2.23. The molecule has 5 heteroatoms. The average Bonchev–Trinajstić information content (AvgIpc) is 2.85. The second-order valence-electron chi connectivity index (χ2n) is 3.35. The molecular formula is C8H22N2O2Si. The van der Waals surface area contributed by atoms with Gasteiger partial charge in [0.25, 0.3) is 0 Å². The number of nitrogens with two attached hydrogens (primary N) is 1. The van der Waals surface area contributed by atoms with E-state index in [1.807, 2.05) is 7.05 Å². The molecule has 0 aromatic rings. The fraction of sp³-hybridized carbons (Fsp3) is 1.00. The Labute approximate surface area is 83.2 Å². The molecule has 3 atom stereocenters. The van der Waals surface area contributed by atoms with Crippen LogP contribution in [0.3, 0.4) is 0 Å². The summed E-state index contributed by atoms with van der Waals surface area (Å²) in [7, 11) is 4.72. The fourth-order valence-corrected chi connectivity index (χ4v) is 1.48. The summed E-state index contributed by atoms with van der Waals surface area (Å²) in [6, 6.07) is 1.10. The summed E-state index contributed by atoms with van der Waals surface area (Å²) in [5, 5.41) is 3.19. The van der Waals surface area contributed by atoms with Crippen molar-refractivity contribution in [2.75, 3.05) is 21.3 Å². The maximum atomic E-state index is 5.62. The zero-order chi connectivity index (χ0) is 10.3. The zero-order valence-corrected chi connectivity index (χ0v) is 10.5. The van der Waals surface area contributed by atoms with Gasteiger partial charge in [-0.15, -0.1) is 0 Å². The van der Waals surface area contributed by atoms with Gasteiger partial charge in [-0.1, -0.05) is 0 Å². The Kier molecular flexibility index (Phi) is 7.49. The third-order valence-corrected chi connectivity index (χ3v) is 2.59. The first-order valence-corrected chi connectivity index (χ1v) is 5.73. The highest BCUT2D eigenvalue weighted by molar-refractivity contribution is 6.17. The first-order chi connectivity index (χ1) is 6.17. The normalized spacial score (nSPS) is 27.5. The minimum Gasteiger partial charge on any atom is -0.402 e. The van der Waals surface area contributed by atoms with Crippen LogP contribution in [0.25, 0.3) is 0 Å². The van der Waals surface area contributed by atoms with Crippen LogP contribution >= 0.6 is 0 Å². The third kappa shape index (κ3) is 6.17. The summed E-state index contributed by atoms with van der Waals surface area (Å²) in [6.45, 7) is 2.07. The van der Waals surface area contributed by atoms with Crippen LogP contribution in [0, 0.1) is 5.92 Å². The molecule has 0 amide bonds. The lowest BCUT2D eigenvalue weighted by atomic mass is 10.2. The first kappa shape index (κ1) is 13.1. The molecule has 80 valence electrons. The van der Waals surface area contributed by atoms with E-state index in [4.69, 9.17) is 5.73 Å². The molecule has 1 saturated carbocycles. The van der Waals surface area contributed by atoms with Crippen LogP contribution in [-0.4, -0.2) is 43.4 Å². The van der Waals surface area contributed by atoms with Crippen molar-refractivity contribution in [3.8, 4) is 0 Å². The van der Waals surface area contributed by atoms with E-state index in [9.17, 15) is 0 Å². The van der Waals surface area contributed by atoms with Crippen molar-refractivity contribution in [1.82, 2.24) is 5.32 Å². The molecule has 0 spiro atoms. The second kappa shape index (κ2) is 7.46. The molecule has 0 heterocycles. The predicted molar refractivity (Wildman–Crippen MR) is 57.2 cm³/mol. The largest absolute Gasteiger partial charge is 0.402 e. The highest BCUT2D eigenvalue weighted by Gasteiger charge is 2.37. The molecule has 0 aromatic heterocycles.